The fraction of sp³-hybridized carbons (Fsp3) is 0.667. The van der Waals surface area contributed by atoms with Crippen LogP contribution in [0.2, 0.25) is 0 Å². The summed E-state index contributed by atoms with van der Waals surface area (Å²) in [4.78, 5) is 24.6. The van der Waals surface area contributed by atoms with E-state index in [0.29, 0.717) is 43.6 Å². The number of ketones is 2. The molecule has 8 heteroatoms. The van der Waals surface area contributed by atoms with Crippen molar-refractivity contribution in [3.63, 3.8) is 0 Å². The lowest BCUT2D eigenvalue weighted by Crippen LogP contribution is -2.18. The van der Waals surface area contributed by atoms with Crippen LogP contribution >= 0.6 is 0 Å². The van der Waals surface area contributed by atoms with Gasteiger partial charge in [-0.05, 0) is 40.4 Å². The molecule has 2 rings (SSSR count). The molecule has 0 saturated carbocycles. The maximum atomic E-state index is 12.4. The Morgan fingerprint density at radius 1 is 0.844 bits per heavy atom. The summed E-state index contributed by atoms with van der Waals surface area (Å²) in [5.41, 5.74) is -0.138. The molecule has 0 aliphatic rings. The minimum atomic E-state index is -0.426. The van der Waals surface area contributed by atoms with Gasteiger partial charge in [0.2, 0.25) is 0 Å². The molecule has 0 aromatic carbocycles. The van der Waals surface area contributed by atoms with Crippen LogP contribution in [0.15, 0.2) is 21.2 Å². The molecule has 2 N–H and O–H groups in total. The fourth-order valence-electron chi connectivity index (χ4n) is 3.54. The van der Waals surface area contributed by atoms with E-state index in [-0.39, 0.29) is 40.6 Å². The van der Waals surface area contributed by atoms with Crippen molar-refractivity contribution in [2.24, 2.45) is 10.8 Å². The summed E-state index contributed by atoms with van der Waals surface area (Å²) in [6.45, 7) is 10.5. The molecule has 0 atom stereocenters. The quantitative estimate of drug-likeness (QED) is 0.386. The molecule has 0 radical (unpaired) electrons. The van der Waals surface area contributed by atoms with Gasteiger partial charge in [0, 0.05) is 37.8 Å². The SMILES string of the molecule is CCC(C)(C)CCC(=O)CCC(=O)CCC(C)(C)CC(c1cc(O)no1)c1cc(O)no1. The normalized spacial score (nSPS) is 12.4. The molecule has 0 fully saturated rings. The van der Waals surface area contributed by atoms with Crippen LogP contribution in [0.4, 0.5) is 0 Å². The number of carbonyl (C=O) groups excluding carboxylic acids is 2. The second kappa shape index (κ2) is 10.8. The summed E-state index contributed by atoms with van der Waals surface area (Å²) < 4.78 is 10.4. The van der Waals surface area contributed by atoms with Gasteiger partial charge < -0.3 is 19.3 Å². The van der Waals surface area contributed by atoms with Crippen LogP contribution in [0.25, 0.3) is 0 Å². The van der Waals surface area contributed by atoms with Crippen molar-refractivity contribution in [2.75, 3.05) is 0 Å². The van der Waals surface area contributed by atoms with Crippen LogP contribution in [0.1, 0.15) is 103 Å². The van der Waals surface area contributed by atoms with Crippen molar-refractivity contribution < 1.29 is 28.8 Å². The second-order valence-electron chi connectivity index (χ2n) is 10.2. The molecule has 8 nitrogen and oxygen atoms in total. The van der Waals surface area contributed by atoms with Crippen molar-refractivity contribution in [2.45, 2.75) is 91.9 Å². The molecule has 0 bridgehead atoms. The Hall–Kier alpha value is -2.64. The van der Waals surface area contributed by atoms with E-state index in [2.05, 4.69) is 31.1 Å². The van der Waals surface area contributed by atoms with Crippen molar-refractivity contribution in [3.05, 3.63) is 23.7 Å². The predicted octanol–water partition coefficient (Wildman–Crippen LogP) is 5.54. The first-order chi connectivity index (χ1) is 14.9. The lowest BCUT2D eigenvalue weighted by Gasteiger charge is -2.27. The van der Waals surface area contributed by atoms with Gasteiger partial charge in [0.05, 0.1) is 5.92 Å². The molecule has 2 heterocycles. The molecule has 2 aromatic heterocycles. The van der Waals surface area contributed by atoms with E-state index in [1.807, 2.05) is 13.8 Å². The Morgan fingerprint density at radius 3 is 1.66 bits per heavy atom. The number of hydrogen-bond acceptors (Lipinski definition) is 8. The van der Waals surface area contributed by atoms with Crippen LogP contribution in [0.3, 0.4) is 0 Å². The van der Waals surface area contributed by atoms with Crippen molar-refractivity contribution in [1.29, 1.82) is 0 Å². The predicted molar refractivity (Wildman–Crippen MR) is 118 cm³/mol. The monoisotopic (exact) mass is 448 g/mol. The van der Waals surface area contributed by atoms with E-state index >= 15 is 0 Å². The molecule has 0 aliphatic carbocycles. The lowest BCUT2D eigenvalue weighted by atomic mass is 9.77. The zero-order valence-electron chi connectivity index (χ0n) is 19.8. The number of aromatic nitrogens is 2. The Kier molecular flexibility index (Phi) is 8.64. The van der Waals surface area contributed by atoms with Crippen LogP contribution in [0.5, 0.6) is 11.8 Å². The standard InChI is InChI=1S/C24H36N2O6/c1-6-23(2,3)11-9-16(27)7-8-17(28)10-12-24(4,5)15-18(19-13-21(29)25-31-19)20-14-22(30)26-32-20/h13-14,18H,6-12,15H2,1-5H3,(H,25,29)(H,26,30). The lowest BCUT2D eigenvalue weighted by molar-refractivity contribution is -0.124. The van der Waals surface area contributed by atoms with Crippen LogP contribution in [-0.2, 0) is 9.59 Å². The summed E-state index contributed by atoms with van der Waals surface area (Å²) in [6.07, 6.45) is 4.48. The number of carbonyl (C=O) groups is 2. The van der Waals surface area contributed by atoms with E-state index < -0.39 is 5.92 Å². The molecule has 32 heavy (non-hydrogen) atoms. The average Bonchev–Trinajstić information content (AvgIpc) is 3.36. The first-order valence-electron chi connectivity index (χ1n) is 11.3. The average molecular weight is 449 g/mol. The molecule has 0 spiro atoms. The largest absolute Gasteiger partial charge is 0.491 e. The summed E-state index contributed by atoms with van der Waals surface area (Å²) in [5, 5.41) is 26.2. The summed E-state index contributed by atoms with van der Waals surface area (Å²) in [5.74, 6) is 0.0897. The highest BCUT2D eigenvalue weighted by Gasteiger charge is 2.31. The molecule has 178 valence electrons. The van der Waals surface area contributed by atoms with Gasteiger partial charge >= 0.3 is 0 Å². The van der Waals surface area contributed by atoms with Gasteiger partial charge in [0.15, 0.2) is 11.5 Å². The third kappa shape index (κ3) is 8.13. The third-order valence-electron chi connectivity index (χ3n) is 6.28. The highest BCUT2D eigenvalue weighted by molar-refractivity contribution is 5.86. The van der Waals surface area contributed by atoms with Crippen LogP contribution in [0, 0.1) is 10.8 Å². The maximum absolute atomic E-state index is 12.4. The zero-order chi connectivity index (χ0) is 23.9. The number of aromatic hydroxyl groups is 2. The number of Topliss-reactive ketones (excluding diaryl/α,β-unsaturated/α-hetero) is 2. The van der Waals surface area contributed by atoms with Crippen LogP contribution < -0.4 is 0 Å². The zero-order valence-corrected chi connectivity index (χ0v) is 19.8. The minimum Gasteiger partial charge on any atom is -0.491 e. The second-order valence-corrected chi connectivity index (χ2v) is 10.2. The van der Waals surface area contributed by atoms with Crippen molar-refractivity contribution in [3.8, 4) is 11.8 Å². The molecule has 0 saturated heterocycles. The van der Waals surface area contributed by atoms with Gasteiger partial charge in [0.25, 0.3) is 11.8 Å². The maximum Gasteiger partial charge on any atom is 0.251 e. The molecule has 0 amide bonds. The number of rotatable bonds is 14. The van der Waals surface area contributed by atoms with Gasteiger partial charge in [-0.3, -0.25) is 9.59 Å². The summed E-state index contributed by atoms with van der Waals surface area (Å²) in [7, 11) is 0. The molecular formula is C24H36N2O6. The van der Waals surface area contributed by atoms with E-state index in [9.17, 15) is 19.8 Å². The first kappa shape index (κ1) is 25.6. The van der Waals surface area contributed by atoms with Gasteiger partial charge in [-0.15, -0.1) is 0 Å². The van der Waals surface area contributed by atoms with Gasteiger partial charge in [0.1, 0.15) is 11.6 Å². The Bertz CT molecular complexity index is 856. The highest BCUT2D eigenvalue weighted by Crippen LogP contribution is 2.40. The van der Waals surface area contributed by atoms with Crippen LogP contribution in [-0.4, -0.2) is 32.1 Å². The minimum absolute atomic E-state index is 0.0762. The number of hydrogen-bond donors (Lipinski definition) is 2. The molecule has 2 aromatic rings. The number of nitrogens with zero attached hydrogens (tertiary/aromatic N) is 2. The van der Waals surface area contributed by atoms with Crippen molar-refractivity contribution >= 4 is 11.6 Å². The highest BCUT2D eigenvalue weighted by atomic mass is 16.5. The van der Waals surface area contributed by atoms with E-state index in [1.54, 1.807) is 0 Å². The van der Waals surface area contributed by atoms with Gasteiger partial charge in [-0.2, -0.15) is 0 Å². The van der Waals surface area contributed by atoms with Gasteiger partial charge in [-0.1, -0.05) is 41.0 Å². The summed E-state index contributed by atoms with van der Waals surface area (Å²) >= 11 is 0. The van der Waals surface area contributed by atoms with E-state index in [0.717, 1.165) is 12.8 Å². The fourth-order valence-corrected chi connectivity index (χ4v) is 3.54. The Labute approximate surface area is 189 Å². The molecular weight excluding hydrogens is 412 g/mol. The van der Waals surface area contributed by atoms with Gasteiger partial charge in [-0.25, -0.2) is 0 Å². The summed E-state index contributed by atoms with van der Waals surface area (Å²) in [6, 6.07) is 2.80. The van der Waals surface area contributed by atoms with E-state index in [1.165, 1.54) is 12.1 Å². The smallest absolute Gasteiger partial charge is 0.251 e. The Balaban J connectivity index is 1.88. The first-order valence-corrected chi connectivity index (χ1v) is 11.3. The molecule has 0 aliphatic heterocycles. The third-order valence-corrected chi connectivity index (χ3v) is 6.28. The van der Waals surface area contributed by atoms with Crippen molar-refractivity contribution in [1.82, 2.24) is 10.3 Å². The topological polar surface area (TPSA) is 127 Å². The molecule has 0 unspecified atom stereocenters. The van der Waals surface area contributed by atoms with E-state index in [4.69, 9.17) is 9.05 Å². The Morgan fingerprint density at radius 2 is 1.28 bits per heavy atom.